The van der Waals surface area contributed by atoms with Gasteiger partial charge in [-0.1, -0.05) is 36.8 Å². The van der Waals surface area contributed by atoms with Gasteiger partial charge in [-0.3, -0.25) is 14.9 Å². The van der Waals surface area contributed by atoms with Crippen LogP contribution in [0, 0.1) is 5.92 Å². The van der Waals surface area contributed by atoms with Crippen LogP contribution in [0.5, 0.6) is 0 Å². The van der Waals surface area contributed by atoms with E-state index in [1.807, 2.05) is 6.07 Å². The predicted molar refractivity (Wildman–Crippen MR) is 73.3 cm³/mol. The van der Waals surface area contributed by atoms with E-state index in [0.717, 1.165) is 12.8 Å². The first-order chi connectivity index (χ1) is 9.58. The van der Waals surface area contributed by atoms with Crippen LogP contribution in [0.3, 0.4) is 0 Å². The molecule has 1 saturated carbocycles. The van der Waals surface area contributed by atoms with E-state index < -0.39 is 18.0 Å². The van der Waals surface area contributed by atoms with Gasteiger partial charge in [0.2, 0.25) is 0 Å². The van der Waals surface area contributed by atoms with Crippen LogP contribution in [0.2, 0.25) is 0 Å². The Morgan fingerprint density at radius 2 is 1.85 bits per heavy atom. The Morgan fingerprint density at radius 1 is 1.15 bits per heavy atom. The summed E-state index contributed by atoms with van der Waals surface area (Å²) in [6.07, 6.45) is 2.80. The summed E-state index contributed by atoms with van der Waals surface area (Å²) in [5.41, 5.74) is 0.692. The van der Waals surface area contributed by atoms with Crippen LogP contribution in [0.25, 0.3) is 0 Å². The zero-order valence-electron chi connectivity index (χ0n) is 11.2. The van der Waals surface area contributed by atoms with Gasteiger partial charge in [0.1, 0.15) is 6.04 Å². The van der Waals surface area contributed by atoms with Crippen LogP contribution in [-0.2, 0) is 9.59 Å². The molecule has 0 aliphatic heterocycles. The van der Waals surface area contributed by atoms with Gasteiger partial charge in [-0.2, -0.15) is 0 Å². The molecule has 0 saturated heterocycles. The maximum Gasteiger partial charge on any atom is 0.325 e. The summed E-state index contributed by atoms with van der Waals surface area (Å²) in [7, 11) is 0. The second-order valence-electron chi connectivity index (χ2n) is 5.25. The monoisotopic (exact) mass is 277 g/mol. The van der Waals surface area contributed by atoms with Crippen molar-refractivity contribution in [2.24, 2.45) is 5.92 Å². The standard InChI is InChI=1S/C15H19NO4/c17-14(18)11-7-4-8-12(9-11)16-13(15(19)20)10-5-2-1-3-6-10/h1-3,5-6,11-13,16H,4,7-9H2,(H,17,18)(H,19,20). The number of carbonyl (C=O) groups is 2. The number of carboxylic acids is 2. The highest BCUT2D eigenvalue weighted by atomic mass is 16.4. The minimum atomic E-state index is -0.936. The molecule has 0 radical (unpaired) electrons. The first kappa shape index (κ1) is 14.5. The van der Waals surface area contributed by atoms with Crippen molar-refractivity contribution in [2.75, 3.05) is 0 Å². The van der Waals surface area contributed by atoms with Crippen molar-refractivity contribution in [2.45, 2.75) is 37.8 Å². The molecule has 3 N–H and O–H groups in total. The maximum atomic E-state index is 11.4. The van der Waals surface area contributed by atoms with Crippen LogP contribution in [0.4, 0.5) is 0 Å². The van der Waals surface area contributed by atoms with Gasteiger partial charge in [0.15, 0.2) is 0 Å². The summed E-state index contributed by atoms with van der Waals surface area (Å²) in [6.45, 7) is 0. The van der Waals surface area contributed by atoms with Crippen molar-refractivity contribution in [3.05, 3.63) is 35.9 Å². The van der Waals surface area contributed by atoms with E-state index in [1.165, 1.54) is 0 Å². The molecule has 1 aromatic rings. The van der Waals surface area contributed by atoms with Gasteiger partial charge in [0.05, 0.1) is 5.92 Å². The highest BCUT2D eigenvalue weighted by molar-refractivity contribution is 5.75. The Labute approximate surface area is 117 Å². The number of hydrogen-bond donors (Lipinski definition) is 3. The maximum absolute atomic E-state index is 11.4. The van der Waals surface area contributed by atoms with Crippen molar-refractivity contribution in [3.8, 4) is 0 Å². The topological polar surface area (TPSA) is 86.6 Å². The fraction of sp³-hybridized carbons (Fsp3) is 0.467. The highest BCUT2D eigenvalue weighted by Gasteiger charge is 2.30. The largest absolute Gasteiger partial charge is 0.481 e. The number of rotatable bonds is 5. The van der Waals surface area contributed by atoms with E-state index >= 15 is 0 Å². The van der Waals surface area contributed by atoms with Gasteiger partial charge >= 0.3 is 11.9 Å². The molecule has 1 fully saturated rings. The van der Waals surface area contributed by atoms with E-state index in [0.29, 0.717) is 18.4 Å². The number of hydrogen-bond acceptors (Lipinski definition) is 3. The average Bonchev–Trinajstić information content (AvgIpc) is 2.45. The summed E-state index contributed by atoms with van der Waals surface area (Å²) >= 11 is 0. The number of benzene rings is 1. The predicted octanol–water partition coefficient (Wildman–Crippen LogP) is 2.05. The van der Waals surface area contributed by atoms with Crippen LogP contribution >= 0.6 is 0 Å². The lowest BCUT2D eigenvalue weighted by Crippen LogP contribution is -2.41. The zero-order valence-corrected chi connectivity index (χ0v) is 11.2. The SMILES string of the molecule is O=C(O)C1CCCC(NC(C(=O)O)c2ccccc2)C1. The van der Waals surface area contributed by atoms with Crippen molar-refractivity contribution < 1.29 is 19.8 Å². The third kappa shape index (κ3) is 3.57. The lowest BCUT2D eigenvalue weighted by Gasteiger charge is -2.30. The van der Waals surface area contributed by atoms with E-state index in [1.54, 1.807) is 24.3 Å². The van der Waals surface area contributed by atoms with Crippen LogP contribution < -0.4 is 5.32 Å². The fourth-order valence-electron chi connectivity index (χ4n) is 2.76. The minimum Gasteiger partial charge on any atom is -0.481 e. The Kier molecular flexibility index (Phi) is 4.74. The molecule has 1 aromatic carbocycles. The minimum absolute atomic E-state index is 0.0637. The molecule has 20 heavy (non-hydrogen) atoms. The molecule has 3 unspecified atom stereocenters. The lowest BCUT2D eigenvalue weighted by atomic mass is 9.85. The quantitative estimate of drug-likeness (QED) is 0.766. The first-order valence-corrected chi connectivity index (χ1v) is 6.84. The Bertz CT molecular complexity index is 474. The van der Waals surface area contributed by atoms with Crippen LogP contribution in [-0.4, -0.2) is 28.2 Å². The van der Waals surface area contributed by atoms with Gasteiger partial charge in [-0.15, -0.1) is 0 Å². The molecule has 0 heterocycles. The Hall–Kier alpha value is -1.88. The van der Waals surface area contributed by atoms with Crippen molar-refractivity contribution in [3.63, 3.8) is 0 Å². The molecule has 3 atom stereocenters. The molecule has 5 heteroatoms. The molecule has 0 spiro atoms. The summed E-state index contributed by atoms with van der Waals surface area (Å²) < 4.78 is 0. The third-order valence-corrected chi connectivity index (χ3v) is 3.81. The second-order valence-corrected chi connectivity index (χ2v) is 5.25. The van der Waals surface area contributed by atoms with Gasteiger partial charge < -0.3 is 10.2 Å². The zero-order chi connectivity index (χ0) is 14.5. The van der Waals surface area contributed by atoms with Gasteiger partial charge in [-0.25, -0.2) is 0 Å². The third-order valence-electron chi connectivity index (χ3n) is 3.81. The number of carboxylic acid groups (broad SMARTS) is 2. The van der Waals surface area contributed by atoms with Crippen LogP contribution in [0.1, 0.15) is 37.3 Å². The summed E-state index contributed by atoms with van der Waals surface area (Å²) in [5.74, 6) is -2.09. The molecule has 0 aromatic heterocycles. The molecule has 0 bridgehead atoms. The summed E-state index contributed by atoms with van der Waals surface area (Å²) in [5, 5.41) is 21.5. The molecule has 5 nitrogen and oxygen atoms in total. The average molecular weight is 277 g/mol. The molecule has 2 rings (SSSR count). The molecule has 1 aliphatic carbocycles. The van der Waals surface area contributed by atoms with E-state index in [9.17, 15) is 14.7 Å². The molecule has 108 valence electrons. The van der Waals surface area contributed by atoms with Crippen molar-refractivity contribution in [1.82, 2.24) is 5.32 Å². The Morgan fingerprint density at radius 3 is 2.45 bits per heavy atom. The van der Waals surface area contributed by atoms with E-state index in [-0.39, 0.29) is 12.0 Å². The Balaban J connectivity index is 2.05. The number of aliphatic carboxylic acids is 2. The normalized spacial score (nSPS) is 24.0. The summed E-state index contributed by atoms with van der Waals surface area (Å²) in [4.78, 5) is 22.5. The molecular weight excluding hydrogens is 258 g/mol. The first-order valence-electron chi connectivity index (χ1n) is 6.84. The fourth-order valence-corrected chi connectivity index (χ4v) is 2.76. The lowest BCUT2D eigenvalue weighted by molar-refractivity contribution is -0.143. The highest BCUT2D eigenvalue weighted by Crippen LogP contribution is 2.26. The van der Waals surface area contributed by atoms with E-state index in [4.69, 9.17) is 5.11 Å². The summed E-state index contributed by atoms with van der Waals surface area (Å²) in [6, 6.07) is 8.12. The van der Waals surface area contributed by atoms with Crippen LogP contribution in [0.15, 0.2) is 30.3 Å². The smallest absolute Gasteiger partial charge is 0.325 e. The van der Waals surface area contributed by atoms with Crippen molar-refractivity contribution >= 4 is 11.9 Å². The molecule has 1 aliphatic rings. The van der Waals surface area contributed by atoms with Gasteiger partial charge in [0, 0.05) is 6.04 Å². The molecule has 0 amide bonds. The molecular formula is C15H19NO4. The second kappa shape index (κ2) is 6.52. The van der Waals surface area contributed by atoms with Gasteiger partial charge in [-0.05, 0) is 24.8 Å². The number of nitrogens with one attached hydrogen (secondary N) is 1. The van der Waals surface area contributed by atoms with Gasteiger partial charge in [0.25, 0.3) is 0 Å². The van der Waals surface area contributed by atoms with E-state index in [2.05, 4.69) is 5.32 Å². The van der Waals surface area contributed by atoms with Crippen molar-refractivity contribution in [1.29, 1.82) is 0 Å².